The Morgan fingerprint density at radius 1 is 1.00 bits per heavy atom. The second kappa shape index (κ2) is 7.55. The average molecular weight is 403 g/mol. The molecule has 2 atom stereocenters. The van der Waals surface area contributed by atoms with Crippen molar-refractivity contribution in [3.63, 3.8) is 0 Å². The molecule has 2 fully saturated rings. The number of benzene rings is 1. The minimum absolute atomic E-state index is 0.0343. The second-order valence-electron chi connectivity index (χ2n) is 8.26. The van der Waals surface area contributed by atoms with Crippen molar-refractivity contribution in [3.05, 3.63) is 66.1 Å². The molecule has 5 rings (SSSR count). The van der Waals surface area contributed by atoms with Crippen molar-refractivity contribution in [2.24, 2.45) is 5.92 Å². The van der Waals surface area contributed by atoms with Gasteiger partial charge < -0.3 is 9.80 Å². The van der Waals surface area contributed by atoms with Gasteiger partial charge in [-0.15, -0.1) is 10.2 Å². The highest BCUT2D eigenvalue weighted by Gasteiger charge is 2.44. The van der Waals surface area contributed by atoms with E-state index in [1.54, 1.807) is 11.9 Å². The van der Waals surface area contributed by atoms with E-state index in [9.17, 15) is 9.59 Å². The van der Waals surface area contributed by atoms with Gasteiger partial charge in [0, 0.05) is 38.7 Å². The predicted molar refractivity (Wildman–Crippen MR) is 112 cm³/mol. The molecule has 0 spiro atoms. The van der Waals surface area contributed by atoms with Gasteiger partial charge in [0.15, 0.2) is 5.65 Å². The molecule has 154 valence electrons. The molecule has 0 N–H and O–H groups in total. The van der Waals surface area contributed by atoms with Crippen LogP contribution in [0.3, 0.4) is 0 Å². The molecule has 7 heteroatoms. The summed E-state index contributed by atoms with van der Waals surface area (Å²) >= 11 is 0. The summed E-state index contributed by atoms with van der Waals surface area (Å²) in [4.78, 5) is 29.5. The minimum Gasteiger partial charge on any atom is -0.342 e. The largest absolute Gasteiger partial charge is 0.342 e. The summed E-state index contributed by atoms with van der Waals surface area (Å²) in [5, 5.41) is 8.66. The van der Waals surface area contributed by atoms with Crippen LogP contribution in [0.25, 0.3) is 5.65 Å². The molecular weight excluding hydrogens is 378 g/mol. The first-order chi connectivity index (χ1) is 14.6. The zero-order valence-electron chi connectivity index (χ0n) is 17.0. The topological polar surface area (TPSA) is 70.8 Å². The van der Waals surface area contributed by atoms with Crippen LogP contribution in [0.4, 0.5) is 0 Å². The van der Waals surface area contributed by atoms with Gasteiger partial charge in [-0.25, -0.2) is 0 Å². The normalized spacial score (nSPS) is 22.8. The van der Waals surface area contributed by atoms with Crippen LogP contribution in [-0.4, -0.2) is 56.3 Å². The van der Waals surface area contributed by atoms with Gasteiger partial charge in [-0.2, -0.15) is 0 Å². The Bertz CT molecular complexity index is 1070. The molecule has 30 heavy (non-hydrogen) atoms. The Hall–Kier alpha value is -3.22. The summed E-state index contributed by atoms with van der Waals surface area (Å²) in [5.41, 5.74) is 1.87. The lowest BCUT2D eigenvalue weighted by Gasteiger charge is -2.34. The predicted octanol–water partition coefficient (Wildman–Crippen LogP) is 2.65. The summed E-state index contributed by atoms with van der Waals surface area (Å²) < 4.78 is 2.04. The molecule has 2 saturated heterocycles. The molecule has 2 amide bonds. The van der Waals surface area contributed by atoms with Gasteiger partial charge in [0.05, 0.1) is 12.0 Å². The molecule has 2 aromatic heterocycles. The van der Waals surface area contributed by atoms with Crippen molar-refractivity contribution < 1.29 is 9.59 Å². The maximum absolute atomic E-state index is 13.4. The van der Waals surface area contributed by atoms with Crippen LogP contribution in [-0.2, 0) is 9.59 Å². The fourth-order valence-electron chi connectivity index (χ4n) is 4.93. The van der Waals surface area contributed by atoms with Gasteiger partial charge in [-0.3, -0.25) is 14.0 Å². The number of hydrogen-bond donors (Lipinski definition) is 0. The molecule has 4 heterocycles. The number of likely N-dealkylation sites (tertiary alicyclic amines) is 2. The molecular formula is C23H25N5O2. The van der Waals surface area contributed by atoms with Gasteiger partial charge >= 0.3 is 0 Å². The van der Waals surface area contributed by atoms with E-state index in [0.717, 1.165) is 29.9 Å². The van der Waals surface area contributed by atoms with E-state index < -0.39 is 0 Å². The van der Waals surface area contributed by atoms with Crippen molar-refractivity contribution in [3.8, 4) is 0 Å². The smallest absolute Gasteiger partial charge is 0.228 e. The summed E-state index contributed by atoms with van der Waals surface area (Å²) in [7, 11) is 1.80. The number of carbonyl (C=O) groups excluding carboxylic acids is 2. The van der Waals surface area contributed by atoms with Crippen molar-refractivity contribution in [2.75, 3.05) is 20.1 Å². The molecule has 7 nitrogen and oxygen atoms in total. The summed E-state index contributed by atoms with van der Waals surface area (Å²) in [6.07, 6.45) is 3.98. The number of amides is 2. The SMILES string of the molecule is CN1C(=O)C[C@@H](C(=O)N2CCC(c3nnc4ccccn34)CC2)[C@H]1c1ccccc1. The van der Waals surface area contributed by atoms with E-state index in [0.29, 0.717) is 13.1 Å². The van der Waals surface area contributed by atoms with Crippen LogP contribution in [0.2, 0.25) is 0 Å². The summed E-state index contributed by atoms with van der Waals surface area (Å²) in [6.45, 7) is 1.36. The molecule has 1 aromatic carbocycles. The van der Waals surface area contributed by atoms with E-state index in [2.05, 4.69) is 10.2 Å². The fourth-order valence-corrected chi connectivity index (χ4v) is 4.93. The zero-order valence-corrected chi connectivity index (χ0v) is 17.0. The number of nitrogens with zero attached hydrogens (tertiary/aromatic N) is 5. The Morgan fingerprint density at radius 3 is 2.50 bits per heavy atom. The van der Waals surface area contributed by atoms with E-state index >= 15 is 0 Å². The number of aromatic nitrogens is 3. The van der Waals surface area contributed by atoms with Crippen LogP contribution >= 0.6 is 0 Å². The third-order valence-corrected chi connectivity index (χ3v) is 6.56. The lowest BCUT2D eigenvalue weighted by Crippen LogP contribution is -2.43. The van der Waals surface area contributed by atoms with Crippen molar-refractivity contribution >= 4 is 17.5 Å². The van der Waals surface area contributed by atoms with Crippen LogP contribution in [0.5, 0.6) is 0 Å². The minimum atomic E-state index is -0.324. The lowest BCUT2D eigenvalue weighted by atomic mass is 9.90. The maximum Gasteiger partial charge on any atom is 0.228 e. The van der Waals surface area contributed by atoms with Crippen LogP contribution < -0.4 is 0 Å². The molecule has 0 saturated carbocycles. The monoisotopic (exact) mass is 403 g/mol. The molecule has 2 aliphatic rings. The van der Waals surface area contributed by atoms with Crippen LogP contribution in [0, 0.1) is 5.92 Å². The first kappa shape index (κ1) is 18.8. The maximum atomic E-state index is 13.4. The van der Waals surface area contributed by atoms with Crippen molar-refractivity contribution in [1.82, 2.24) is 24.4 Å². The molecule has 2 aliphatic heterocycles. The van der Waals surface area contributed by atoms with Gasteiger partial charge in [-0.05, 0) is 30.5 Å². The fraction of sp³-hybridized carbons (Fsp3) is 0.391. The van der Waals surface area contributed by atoms with E-state index in [1.807, 2.05) is 64.0 Å². The Labute approximate surface area is 175 Å². The number of rotatable bonds is 3. The highest BCUT2D eigenvalue weighted by molar-refractivity contribution is 5.90. The third kappa shape index (κ3) is 3.14. The molecule has 0 aliphatic carbocycles. The first-order valence-electron chi connectivity index (χ1n) is 10.5. The van der Waals surface area contributed by atoms with E-state index in [1.165, 1.54) is 0 Å². The van der Waals surface area contributed by atoms with E-state index in [4.69, 9.17) is 0 Å². The lowest BCUT2D eigenvalue weighted by molar-refractivity contribution is -0.137. The standard InChI is InChI=1S/C23H25N5O2/c1-26-20(29)15-18(21(26)16-7-3-2-4-8-16)23(30)27-13-10-17(11-14-27)22-25-24-19-9-5-6-12-28(19)22/h2-9,12,17-18,21H,10-11,13-15H2,1H3/t18-,21-/m1/s1. The molecule has 0 radical (unpaired) electrons. The molecule has 0 unspecified atom stereocenters. The summed E-state index contributed by atoms with van der Waals surface area (Å²) in [6, 6.07) is 15.6. The van der Waals surface area contributed by atoms with Gasteiger partial charge in [0.1, 0.15) is 5.82 Å². The van der Waals surface area contributed by atoms with Crippen LogP contribution in [0.15, 0.2) is 54.7 Å². The number of fused-ring (bicyclic) bond motifs is 1. The average Bonchev–Trinajstić information content (AvgIpc) is 3.35. The number of hydrogen-bond acceptors (Lipinski definition) is 4. The van der Waals surface area contributed by atoms with Crippen molar-refractivity contribution in [2.45, 2.75) is 31.2 Å². The Morgan fingerprint density at radius 2 is 1.73 bits per heavy atom. The quantitative estimate of drug-likeness (QED) is 0.674. The summed E-state index contributed by atoms with van der Waals surface area (Å²) in [5.74, 6) is 1.05. The Balaban J connectivity index is 1.31. The second-order valence-corrected chi connectivity index (χ2v) is 8.26. The van der Waals surface area contributed by atoms with Crippen LogP contribution in [0.1, 0.15) is 42.6 Å². The molecule has 3 aromatic rings. The third-order valence-electron chi connectivity index (χ3n) is 6.56. The van der Waals surface area contributed by atoms with Gasteiger partial charge in [0.25, 0.3) is 0 Å². The van der Waals surface area contributed by atoms with Gasteiger partial charge in [-0.1, -0.05) is 36.4 Å². The highest BCUT2D eigenvalue weighted by Crippen LogP contribution is 2.39. The number of carbonyl (C=O) groups is 2. The molecule has 0 bridgehead atoms. The Kier molecular flexibility index (Phi) is 4.73. The highest BCUT2D eigenvalue weighted by atomic mass is 16.2. The van der Waals surface area contributed by atoms with Gasteiger partial charge in [0.2, 0.25) is 11.8 Å². The van der Waals surface area contributed by atoms with Crippen molar-refractivity contribution in [1.29, 1.82) is 0 Å². The number of piperidine rings is 1. The zero-order chi connectivity index (χ0) is 20.7. The van der Waals surface area contributed by atoms with E-state index in [-0.39, 0.29) is 36.1 Å². The number of pyridine rings is 1. The first-order valence-corrected chi connectivity index (χ1v) is 10.5.